The zero-order valence-corrected chi connectivity index (χ0v) is 11.5. The topological polar surface area (TPSA) is 60.7 Å². The van der Waals surface area contributed by atoms with Crippen molar-refractivity contribution in [1.29, 1.82) is 0 Å². The summed E-state index contributed by atoms with van der Waals surface area (Å²) in [6.07, 6.45) is 4.78. The summed E-state index contributed by atoms with van der Waals surface area (Å²) >= 11 is 0. The molecule has 18 heavy (non-hydrogen) atoms. The van der Waals surface area contributed by atoms with Gasteiger partial charge < -0.3 is 15.3 Å². The Morgan fingerprint density at radius 1 is 1.11 bits per heavy atom. The van der Waals surface area contributed by atoms with E-state index in [1.807, 2.05) is 0 Å². The van der Waals surface area contributed by atoms with Crippen molar-refractivity contribution in [1.82, 2.24) is 0 Å². The summed E-state index contributed by atoms with van der Waals surface area (Å²) in [5.74, 6) is 1.18. The Balaban J connectivity index is 2.05. The highest BCUT2D eigenvalue weighted by Crippen LogP contribution is 2.72. The Morgan fingerprint density at radius 3 is 2.44 bits per heavy atom. The SMILES string of the molecule is CC1(C)C[C@]2(CO)C[C@H]3[C@H]1[C@@H]2CCC[C@]3(O)CO. The van der Waals surface area contributed by atoms with Crippen molar-refractivity contribution in [3.8, 4) is 0 Å². The van der Waals surface area contributed by atoms with Gasteiger partial charge >= 0.3 is 0 Å². The largest absolute Gasteiger partial charge is 0.396 e. The van der Waals surface area contributed by atoms with Crippen molar-refractivity contribution in [2.24, 2.45) is 28.6 Å². The molecule has 3 N–H and O–H groups in total. The molecule has 3 heteroatoms. The van der Waals surface area contributed by atoms with E-state index in [0.717, 1.165) is 32.1 Å². The average molecular weight is 254 g/mol. The standard InChI is InChI=1S/C15H26O3/c1-13(2)7-14(8-16)6-11-12(13)10(14)4-3-5-15(11,18)9-17/h10-12,16-18H,3-9H2,1-2H3/t10-,11-,12+,14-,15-/m0/s1. The summed E-state index contributed by atoms with van der Waals surface area (Å²) in [6, 6.07) is 0. The van der Waals surface area contributed by atoms with Gasteiger partial charge in [0.25, 0.3) is 0 Å². The van der Waals surface area contributed by atoms with Crippen LogP contribution < -0.4 is 0 Å². The maximum atomic E-state index is 10.8. The maximum absolute atomic E-state index is 10.8. The van der Waals surface area contributed by atoms with Gasteiger partial charge in [-0.15, -0.1) is 0 Å². The minimum absolute atomic E-state index is 0.0163. The lowest BCUT2D eigenvalue weighted by Crippen LogP contribution is -2.48. The molecule has 104 valence electrons. The molecule has 0 aromatic rings. The molecular weight excluding hydrogens is 228 g/mol. The molecular formula is C15H26O3. The van der Waals surface area contributed by atoms with Crippen molar-refractivity contribution in [2.45, 2.75) is 51.6 Å². The van der Waals surface area contributed by atoms with Gasteiger partial charge in [-0.25, -0.2) is 0 Å². The van der Waals surface area contributed by atoms with Crippen molar-refractivity contribution in [3.05, 3.63) is 0 Å². The van der Waals surface area contributed by atoms with Crippen molar-refractivity contribution < 1.29 is 15.3 Å². The molecule has 0 spiro atoms. The van der Waals surface area contributed by atoms with Crippen LogP contribution >= 0.6 is 0 Å². The van der Waals surface area contributed by atoms with Crippen LogP contribution in [0.4, 0.5) is 0 Å². The number of aliphatic hydroxyl groups is 3. The summed E-state index contributed by atoms with van der Waals surface area (Å²) in [5.41, 5.74) is -0.708. The highest BCUT2D eigenvalue weighted by Gasteiger charge is 2.68. The Morgan fingerprint density at radius 2 is 1.83 bits per heavy atom. The Bertz CT molecular complexity index is 354. The highest BCUT2D eigenvalue weighted by molar-refractivity contribution is 5.17. The second-order valence-corrected chi connectivity index (χ2v) is 7.78. The molecule has 0 aliphatic heterocycles. The van der Waals surface area contributed by atoms with Gasteiger partial charge in [0, 0.05) is 6.61 Å². The molecule has 0 aromatic carbocycles. The minimum atomic E-state index is -0.909. The second kappa shape index (κ2) is 3.71. The van der Waals surface area contributed by atoms with Gasteiger partial charge in [-0.2, -0.15) is 0 Å². The summed E-state index contributed by atoms with van der Waals surface area (Å²) < 4.78 is 0. The number of aliphatic hydroxyl groups excluding tert-OH is 2. The Hall–Kier alpha value is -0.120. The lowest BCUT2D eigenvalue weighted by Gasteiger charge is -2.45. The molecule has 0 unspecified atom stereocenters. The van der Waals surface area contributed by atoms with Crippen LogP contribution in [-0.4, -0.2) is 34.1 Å². The molecule has 3 aliphatic rings. The van der Waals surface area contributed by atoms with E-state index in [2.05, 4.69) is 13.8 Å². The predicted octanol–water partition coefficient (Wildman–Crippen LogP) is 1.55. The van der Waals surface area contributed by atoms with Gasteiger partial charge in [-0.3, -0.25) is 0 Å². The van der Waals surface area contributed by atoms with E-state index in [0.29, 0.717) is 11.8 Å². The first-order valence-corrected chi connectivity index (χ1v) is 7.33. The predicted molar refractivity (Wildman–Crippen MR) is 68.9 cm³/mol. The molecule has 3 rings (SSSR count). The minimum Gasteiger partial charge on any atom is -0.396 e. The molecule has 0 aromatic heterocycles. The Labute approximate surface area is 109 Å². The summed E-state index contributed by atoms with van der Waals surface area (Å²) in [6.45, 7) is 4.67. The molecule has 3 fully saturated rings. The quantitative estimate of drug-likeness (QED) is 0.701. The summed E-state index contributed by atoms with van der Waals surface area (Å²) in [5, 5.41) is 30.3. The first kappa shape index (κ1) is 12.9. The molecule has 3 saturated carbocycles. The van der Waals surface area contributed by atoms with Crippen LogP contribution in [0.1, 0.15) is 46.0 Å². The average Bonchev–Trinajstić information content (AvgIpc) is 2.68. The summed E-state index contributed by atoms with van der Waals surface area (Å²) in [7, 11) is 0. The van der Waals surface area contributed by atoms with Crippen LogP contribution in [0.3, 0.4) is 0 Å². The lowest BCUT2D eigenvalue weighted by atomic mass is 9.62. The second-order valence-electron chi connectivity index (χ2n) is 7.78. The lowest BCUT2D eigenvalue weighted by molar-refractivity contribution is -0.107. The van der Waals surface area contributed by atoms with E-state index in [4.69, 9.17) is 0 Å². The van der Waals surface area contributed by atoms with Gasteiger partial charge in [0.05, 0.1) is 12.2 Å². The van der Waals surface area contributed by atoms with E-state index < -0.39 is 5.60 Å². The molecule has 0 heterocycles. The number of hydrogen-bond acceptors (Lipinski definition) is 3. The first-order chi connectivity index (χ1) is 8.38. The fourth-order valence-electron chi connectivity index (χ4n) is 5.95. The molecule has 4 bridgehead atoms. The zero-order valence-electron chi connectivity index (χ0n) is 11.5. The molecule has 0 radical (unpaired) electrons. The van der Waals surface area contributed by atoms with Crippen LogP contribution in [0.25, 0.3) is 0 Å². The molecule has 0 saturated heterocycles. The van der Waals surface area contributed by atoms with Crippen LogP contribution in [-0.2, 0) is 0 Å². The van der Waals surface area contributed by atoms with Crippen molar-refractivity contribution >= 4 is 0 Å². The van der Waals surface area contributed by atoms with Crippen LogP contribution in [0, 0.1) is 28.6 Å². The van der Waals surface area contributed by atoms with Gasteiger partial charge in [0.15, 0.2) is 0 Å². The van der Waals surface area contributed by atoms with Crippen LogP contribution in [0.2, 0.25) is 0 Å². The van der Waals surface area contributed by atoms with E-state index >= 15 is 0 Å². The molecule has 0 amide bonds. The van der Waals surface area contributed by atoms with E-state index in [1.54, 1.807) is 0 Å². The van der Waals surface area contributed by atoms with E-state index in [-0.39, 0.29) is 30.0 Å². The summed E-state index contributed by atoms with van der Waals surface area (Å²) in [4.78, 5) is 0. The van der Waals surface area contributed by atoms with Gasteiger partial charge in [0.1, 0.15) is 0 Å². The van der Waals surface area contributed by atoms with Crippen LogP contribution in [0.15, 0.2) is 0 Å². The van der Waals surface area contributed by atoms with Crippen LogP contribution in [0.5, 0.6) is 0 Å². The number of hydrogen-bond donors (Lipinski definition) is 3. The smallest absolute Gasteiger partial charge is 0.0908 e. The molecule has 3 aliphatic carbocycles. The fraction of sp³-hybridized carbons (Fsp3) is 1.00. The number of rotatable bonds is 2. The Kier molecular flexibility index (Phi) is 2.66. The third-order valence-electron chi connectivity index (χ3n) is 6.39. The van der Waals surface area contributed by atoms with Gasteiger partial charge in [-0.1, -0.05) is 20.3 Å². The van der Waals surface area contributed by atoms with Gasteiger partial charge in [-0.05, 0) is 54.3 Å². The van der Waals surface area contributed by atoms with E-state index in [1.165, 1.54) is 0 Å². The third-order valence-corrected chi connectivity index (χ3v) is 6.39. The first-order valence-electron chi connectivity index (χ1n) is 7.33. The molecule has 3 nitrogen and oxygen atoms in total. The third kappa shape index (κ3) is 1.41. The monoisotopic (exact) mass is 254 g/mol. The van der Waals surface area contributed by atoms with E-state index in [9.17, 15) is 15.3 Å². The fourth-order valence-corrected chi connectivity index (χ4v) is 5.95. The van der Waals surface area contributed by atoms with Crippen molar-refractivity contribution in [2.75, 3.05) is 13.2 Å². The zero-order chi connectivity index (χ0) is 13.2. The van der Waals surface area contributed by atoms with Gasteiger partial charge in [0.2, 0.25) is 0 Å². The highest BCUT2D eigenvalue weighted by atomic mass is 16.3. The maximum Gasteiger partial charge on any atom is 0.0908 e. The molecule has 5 atom stereocenters. The normalized spacial score (nSPS) is 53.5. The van der Waals surface area contributed by atoms with Crippen molar-refractivity contribution in [3.63, 3.8) is 0 Å².